The monoisotopic (exact) mass is 341 g/mol. The Morgan fingerprint density at radius 1 is 1.40 bits per heavy atom. The zero-order valence-electron chi connectivity index (χ0n) is 11.3. The Kier molecular flexibility index (Phi) is 4.45. The molecule has 1 aromatic carbocycles. The molecule has 1 N–H and O–H groups in total. The maximum Gasteiger partial charge on any atom is 0.311 e. The number of hydrogen-bond donors (Lipinski definition) is 1. The smallest absolute Gasteiger partial charge is 0.311 e. The number of ether oxygens (including phenoxy) is 1. The van der Waals surface area contributed by atoms with Crippen LogP contribution in [0.15, 0.2) is 22.7 Å². The number of aryl methyl sites for hydroxylation is 1. The number of amides is 1. The SMILES string of the molecule is Cc1ccc(Br)c(C(=O)N(C)C2COCC2C(=O)O)c1. The minimum atomic E-state index is -0.935. The molecule has 0 aromatic heterocycles. The third kappa shape index (κ3) is 2.86. The van der Waals surface area contributed by atoms with Crippen LogP contribution in [0.3, 0.4) is 0 Å². The molecule has 1 saturated heterocycles. The molecule has 0 bridgehead atoms. The van der Waals surface area contributed by atoms with Crippen LogP contribution in [0.5, 0.6) is 0 Å². The Bertz CT molecular complexity index is 546. The number of benzene rings is 1. The van der Waals surface area contributed by atoms with Crippen molar-refractivity contribution >= 4 is 27.8 Å². The highest BCUT2D eigenvalue weighted by Crippen LogP contribution is 2.24. The second-order valence-corrected chi connectivity index (χ2v) is 5.80. The minimum absolute atomic E-state index is 0.145. The Labute approximate surface area is 125 Å². The second-order valence-electron chi connectivity index (χ2n) is 4.95. The first-order valence-corrected chi connectivity index (χ1v) is 7.05. The molecule has 0 saturated carbocycles. The molecule has 0 radical (unpaired) electrons. The van der Waals surface area contributed by atoms with Crippen molar-refractivity contribution in [2.24, 2.45) is 5.92 Å². The first-order chi connectivity index (χ1) is 9.41. The molecular formula is C14H16BrNO4. The Hall–Kier alpha value is -1.40. The number of nitrogens with zero attached hydrogens (tertiary/aromatic N) is 1. The van der Waals surface area contributed by atoms with Crippen LogP contribution in [-0.2, 0) is 9.53 Å². The Morgan fingerprint density at radius 3 is 2.75 bits per heavy atom. The fraction of sp³-hybridized carbons (Fsp3) is 0.429. The summed E-state index contributed by atoms with van der Waals surface area (Å²) in [5, 5.41) is 9.16. The van der Waals surface area contributed by atoms with Gasteiger partial charge in [0.25, 0.3) is 5.91 Å². The Balaban J connectivity index is 2.24. The largest absolute Gasteiger partial charge is 0.481 e. The van der Waals surface area contributed by atoms with E-state index in [9.17, 15) is 9.59 Å². The molecule has 108 valence electrons. The van der Waals surface area contributed by atoms with Gasteiger partial charge in [-0.1, -0.05) is 11.6 Å². The first kappa shape index (κ1) is 15.0. The number of hydrogen-bond acceptors (Lipinski definition) is 3. The first-order valence-electron chi connectivity index (χ1n) is 6.25. The fourth-order valence-electron chi connectivity index (χ4n) is 2.30. The van der Waals surface area contributed by atoms with Gasteiger partial charge in [0, 0.05) is 11.5 Å². The molecule has 1 amide bonds. The van der Waals surface area contributed by atoms with Gasteiger partial charge in [-0.05, 0) is 35.0 Å². The predicted molar refractivity (Wildman–Crippen MR) is 76.7 cm³/mol. The van der Waals surface area contributed by atoms with Crippen molar-refractivity contribution in [1.29, 1.82) is 0 Å². The quantitative estimate of drug-likeness (QED) is 0.912. The standard InChI is InChI=1S/C14H16BrNO4/c1-8-3-4-11(15)9(5-8)13(17)16(2)12-7-20-6-10(12)14(18)19/h3-5,10,12H,6-7H2,1-2H3,(H,18,19). The lowest BCUT2D eigenvalue weighted by Crippen LogP contribution is -2.44. The third-order valence-corrected chi connectivity index (χ3v) is 4.23. The minimum Gasteiger partial charge on any atom is -0.481 e. The van der Waals surface area contributed by atoms with E-state index in [0.29, 0.717) is 10.0 Å². The molecule has 1 heterocycles. The van der Waals surface area contributed by atoms with E-state index < -0.39 is 17.9 Å². The summed E-state index contributed by atoms with van der Waals surface area (Å²) in [6, 6.07) is 5.07. The third-order valence-electron chi connectivity index (χ3n) is 3.54. The van der Waals surface area contributed by atoms with Crippen molar-refractivity contribution < 1.29 is 19.4 Å². The summed E-state index contributed by atoms with van der Waals surface area (Å²) >= 11 is 3.36. The fourth-order valence-corrected chi connectivity index (χ4v) is 2.72. The molecule has 1 aliphatic heterocycles. The van der Waals surface area contributed by atoms with E-state index in [0.717, 1.165) is 5.56 Å². The van der Waals surface area contributed by atoms with Gasteiger partial charge in [0.05, 0.1) is 24.8 Å². The summed E-state index contributed by atoms with van der Waals surface area (Å²) < 4.78 is 5.91. The van der Waals surface area contributed by atoms with E-state index >= 15 is 0 Å². The molecule has 6 heteroatoms. The zero-order valence-corrected chi connectivity index (χ0v) is 12.9. The van der Waals surface area contributed by atoms with Crippen molar-refractivity contribution in [3.63, 3.8) is 0 Å². The summed E-state index contributed by atoms with van der Waals surface area (Å²) in [6.45, 7) is 2.30. The lowest BCUT2D eigenvalue weighted by atomic mass is 10.0. The van der Waals surface area contributed by atoms with E-state index in [1.807, 2.05) is 19.1 Å². The molecule has 1 aromatic rings. The highest BCUT2D eigenvalue weighted by Gasteiger charge is 2.38. The van der Waals surface area contributed by atoms with E-state index in [2.05, 4.69) is 15.9 Å². The average Bonchev–Trinajstić information content (AvgIpc) is 2.89. The van der Waals surface area contributed by atoms with Crippen LogP contribution in [0.4, 0.5) is 0 Å². The molecule has 2 unspecified atom stereocenters. The number of aliphatic carboxylic acids is 1. The van der Waals surface area contributed by atoms with Gasteiger partial charge in [0.1, 0.15) is 5.92 Å². The van der Waals surface area contributed by atoms with Crippen LogP contribution < -0.4 is 0 Å². The summed E-state index contributed by atoms with van der Waals surface area (Å²) in [5.41, 5.74) is 1.51. The predicted octanol–water partition coefficient (Wildman–Crippen LogP) is 1.93. The number of carbonyl (C=O) groups is 2. The van der Waals surface area contributed by atoms with Crippen LogP contribution >= 0.6 is 15.9 Å². The second kappa shape index (κ2) is 5.93. The molecule has 5 nitrogen and oxygen atoms in total. The van der Waals surface area contributed by atoms with E-state index in [-0.39, 0.29) is 19.1 Å². The van der Waals surface area contributed by atoms with Crippen LogP contribution in [0.2, 0.25) is 0 Å². The molecule has 0 spiro atoms. The summed E-state index contributed by atoms with van der Waals surface area (Å²) in [5.74, 6) is -1.81. The molecule has 1 aliphatic rings. The maximum absolute atomic E-state index is 12.5. The Morgan fingerprint density at radius 2 is 2.10 bits per heavy atom. The highest BCUT2D eigenvalue weighted by molar-refractivity contribution is 9.10. The van der Waals surface area contributed by atoms with E-state index in [1.165, 1.54) is 4.90 Å². The summed E-state index contributed by atoms with van der Waals surface area (Å²) in [4.78, 5) is 25.2. The van der Waals surface area contributed by atoms with Crippen LogP contribution in [0.1, 0.15) is 15.9 Å². The average molecular weight is 342 g/mol. The molecule has 2 rings (SSSR count). The van der Waals surface area contributed by atoms with E-state index in [1.54, 1.807) is 13.1 Å². The molecule has 20 heavy (non-hydrogen) atoms. The van der Waals surface area contributed by atoms with Crippen molar-refractivity contribution in [2.45, 2.75) is 13.0 Å². The van der Waals surface area contributed by atoms with Gasteiger partial charge in [-0.15, -0.1) is 0 Å². The van der Waals surface area contributed by atoms with E-state index in [4.69, 9.17) is 9.84 Å². The summed E-state index contributed by atoms with van der Waals surface area (Å²) in [7, 11) is 1.62. The number of carboxylic acids is 1. The zero-order chi connectivity index (χ0) is 14.9. The number of rotatable bonds is 3. The van der Waals surface area contributed by atoms with Gasteiger partial charge in [0.2, 0.25) is 0 Å². The van der Waals surface area contributed by atoms with Crippen molar-refractivity contribution in [3.05, 3.63) is 33.8 Å². The molecular weight excluding hydrogens is 326 g/mol. The molecule has 0 aliphatic carbocycles. The lowest BCUT2D eigenvalue weighted by Gasteiger charge is -2.26. The van der Waals surface area contributed by atoms with Crippen molar-refractivity contribution in [3.8, 4) is 0 Å². The summed E-state index contributed by atoms with van der Waals surface area (Å²) in [6.07, 6.45) is 0. The topological polar surface area (TPSA) is 66.8 Å². The maximum atomic E-state index is 12.5. The molecule has 2 atom stereocenters. The van der Waals surface area contributed by atoms with Crippen LogP contribution in [0, 0.1) is 12.8 Å². The van der Waals surface area contributed by atoms with Gasteiger partial charge in [-0.25, -0.2) is 0 Å². The number of carbonyl (C=O) groups excluding carboxylic acids is 1. The number of halogens is 1. The van der Waals surface area contributed by atoms with Crippen molar-refractivity contribution in [1.82, 2.24) is 4.90 Å². The van der Waals surface area contributed by atoms with Crippen LogP contribution in [-0.4, -0.2) is 48.2 Å². The normalized spacial score (nSPS) is 21.8. The van der Waals surface area contributed by atoms with Gasteiger partial charge in [-0.3, -0.25) is 9.59 Å². The highest BCUT2D eigenvalue weighted by atomic mass is 79.9. The lowest BCUT2D eigenvalue weighted by molar-refractivity contribution is -0.142. The van der Waals surface area contributed by atoms with Gasteiger partial charge in [-0.2, -0.15) is 0 Å². The molecule has 1 fully saturated rings. The van der Waals surface area contributed by atoms with Gasteiger partial charge in [0.15, 0.2) is 0 Å². The number of carboxylic acid groups (broad SMARTS) is 1. The van der Waals surface area contributed by atoms with Gasteiger partial charge < -0.3 is 14.7 Å². The van der Waals surface area contributed by atoms with Crippen molar-refractivity contribution in [2.75, 3.05) is 20.3 Å². The van der Waals surface area contributed by atoms with Gasteiger partial charge >= 0.3 is 5.97 Å². The number of likely N-dealkylation sites (N-methyl/N-ethyl adjacent to an activating group) is 1. The van der Waals surface area contributed by atoms with Crippen LogP contribution in [0.25, 0.3) is 0 Å².